The number of nitrogens with one attached hydrogen (secondary N) is 1. The highest BCUT2D eigenvalue weighted by Gasteiger charge is 2.22. The number of hydrogen-bond acceptors (Lipinski definition) is 6. The molecule has 2 aromatic carbocycles. The average molecular weight is 559 g/mol. The summed E-state index contributed by atoms with van der Waals surface area (Å²) in [6.45, 7) is 5.68. The molecule has 0 saturated carbocycles. The number of carbonyl (C=O) groups is 2. The molecule has 2 amide bonds. The predicted octanol–water partition coefficient (Wildman–Crippen LogP) is 6.72. The molecule has 0 saturated heterocycles. The largest absolute Gasteiger partial charge is 0.453 e. The number of para-hydroxylation sites is 1. The predicted molar refractivity (Wildman–Crippen MR) is 158 cm³/mol. The van der Waals surface area contributed by atoms with Crippen molar-refractivity contribution in [1.29, 1.82) is 0 Å². The highest BCUT2D eigenvalue weighted by molar-refractivity contribution is 7.20. The van der Waals surface area contributed by atoms with Gasteiger partial charge in [-0.2, -0.15) is 0 Å². The summed E-state index contributed by atoms with van der Waals surface area (Å²) in [4.78, 5) is 35.0. The first-order valence-corrected chi connectivity index (χ1v) is 14.0. The molecule has 1 N–H and O–H groups in total. The quantitative estimate of drug-likeness (QED) is 0.243. The van der Waals surface area contributed by atoms with E-state index in [1.54, 1.807) is 34.6 Å². The number of amides is 2. The molecule has 9 heteroatoms. The Morgan fingerprint density at radius 1 is 1.12 bits per heavy atom. The molecule has 0 spiro atoms. The molecule has 206 valence electrons. The Morgan fingerprint density at radius 3 is 2.62 bits per heavy atom. The van der Waals surface area contributed by atoms with Crippen LogP contribution in [0.5, 0.6) is 11.5 Å². The number of likely N-dealkylation sites (N-methyl/N-ethyl adjacent to an activating group) is 1. The van der Waals surface area contributed by atoms with E-state index in [4.69, 9.17) is 4.74 Å². The van der Waals surface area contributed by atoms with Gasteiger partial charge in [-0.1, -0.05) is 24.3 Å². The van der Waals surface area contributed by atoms with E-state index in [0.29, 0.717) is 11.4 Å². The number of fused-ring (bicyclic) bond motifs is 1. The number of thiophene rings is 1. The van der Waals surface area contributed by atoms with Crippen LogP contribution in [0.3, 0.4) is 0 Å². The van der Waals surface area contributed by atoms with Crippen LogP contribution >= 0.6 is 11.3 Å². The molecule has 0 fully saturated rings. The zero-order valence-electron chi connectivity index (χ0n) is 22.7. The number of nitrogens with zero attached hydrogens (tertiary/aromatic N) is 3. The lowest BCUT2D eigenvalue weighted by Crippen LogP contribution is -2.38. The third-order valence-electron chi connectivity index (χ3n) is 6.67. The van der Waals surface area contributed by atoms with Gasteiger partial charge < -0.3 is 19.9 Å². The van der Waals surface area contributed by atoms with Crippen molar-refractivity contribution in [3.05, 3.63) is 83.6 Å². The van der Waals surface area contributed by atoms with Crippen LogP contribution in [0.15, 0.2) is 72.9 Å². The summed E-state index contributed by atoms with van der Waals surface area (Å²) in [5.41, 5.74) is 3.05. The monoisotopic (exact) mass is 558 g/mol. The second-order valence-electron chi connectivity index (χ2n) is 10.0. The van der Waals surface area contributed by atoms with Crippen molar-refractivity contribution in [1.82, 2.24) is 9.88 Å². The first kappa shape index (κ1) is 27.5. The molecular formula is C31H31FN4O3S. The van der Waals surface area contributed by atoms with Gasteiger partial charge in [0, 0.05) is 53.7 Å². The number of halogens is 1. The van der Waals surface area contributed by atoms with E-state index >= 15 is 4.39 Å². The highest BCUT2D eigenvalue weighted by atomic mass is 32.1. The summed E-state index contributed by atoms with van der Waals surface area (Å²) < 4.78 is 21.9. The van der Waals surface area contributed by atoms with E-state index < -0.39 is 11.7 Å². The zero-order chi connectivity index (χ0) is 28.2. The average Bonchev–Trinajstić information content (AvgIpc) is 3.36. The number of pyridine rings is 1. The van der Waals surface area contributed by atoms with Gasteiger partial charge in [0.15, 0.2) is 11.6 Å². The SMILES string of the molecule is CC(C)N(C(=O)CC(=O)Nc1ccc(Oc2ccnc3cc(C4=CCN(C)CC4)sc23)c(F)c1)c1ccccc1. The molecule has 0 radical (unpaired) electrons. The van der Waals surface area contributed by atoms with Crippen molar-refractivity contribution in [3.8, 4) is 11.5 Å². The third kappa shape index (κ3) is 6.21. The van der Waals surface area contributed by atoms with Gasteiger partial charge in [0.05, 0.1) is 10.2 Å². The van der Waals surface area contributed by atoms with E-state index in [9.17, 15) is 9.59 Å². The standard InChI is InChI=1S/C31H31FN4O3S/c1-20(2)36(23-7-5-4-6-8-23)30(38)19-29(37)34-22-9-10-26(24(32)17-22)39-27-11-14-33-25-18-28(40-31(25)27)21-12-15-35(3)16-13-21/h4-12,14,17-18,20H,13,15-16,19H2,1-3H3,(H,34,37). The van der Waals surface area contributed by atoms with Gasteiger partial charge in [0.2, 0.25) is 11.8 Å². The van der Waals surface area contributed by atoms with Crippen LogP contribution in [0, 0.1) is 5.82 Å². The summed E-state index contributed by atoms with van der Waals surface area (Å²) in [7, 11) is 2.10. The molecule has 2 aromatic heterocycles. The van der Waals surface area contributed by atoms with Crippen molar-refractivity contribution in [2.45, 2.75) is 32.7 Å². The van der Waals surface area contributed by atoms with E-state index in [2.05, 4.69) is 34.4 Å². The number of benzene rings is 2. The summed E-state index contributed by atoms with van der Waals surface area (Å²) in [5, 5.41) is 2.62. The summed E-state index contributed by atoms with van der Waals surface area (Å²) in [5.74, 6) is -0.940. The molecule has 0 atom stereocenters. The summed E-state index contributed by atoms with van der Waals surface area (Å²) in [6.07, 6.45) is 4.48. The number of carbonyl (C=O) groups excluding carboxylic acids is 2. The highest BCUT2D eigenvalue weighted by Crippen LogP contribution is 2.39. The number of ether oxygens (including phenoxy) is 1. The molecule has 3 heterocycles. The van der Waals surface area contributed by atoms with Crippen molar-refractivity contribution in [2.75, 3.05) is 30.4 Å². The molecular weight excluding hydrogens is 527 g/mol. The maximum Gasteiger partial charge on any atom is 0.236 e. The lowest BCUT2D eigenvalue weighted by molar-refractivity contribution is -0.125. The Morgan fingerprint density at radius 2 is 1.93 bits per heavy atom. The van der Waals surface area contributed by atoms with Crippen LogP contribution in [0.2, 0.25) is 0 Å². The maximum atomic E-state index is 15.1. The number of rotatable bonds is 8. The third-order valence-corrected chi connectivity index (χ3v) is 7.89. The first-order valence-electron chi connectivity index (χ1n) is 13.2. The molecule has 5 rings (SSSR count). The van der Waals surface area contributed by atoms with Gasteiger partial charge in [-0.25, -0.2) is 4.39 Å². The zero-order valence-corrected chi connectivity index (χ0v) is 23.5. The van der Waals surface area contributed by atoms with E-state index in [0.717, 1.165) is 34.6 Å². The second-order valence-corrected chi connectivity index (χ2v) is 11.1. The number of anilines is 2. The molecule has 40 heavy (non-hydrogen) atoms. The second kappa shape index (κ2) is 12.0. The van der Waals surface area contributed by atoms with Gasteiger partial charge in [0.25, 0.3) is 0 Å². The fraction of sp³-hybridized carbons (Fsp3) is 0.258. The summed E-state index contributed by atoms with van der Waals surface area (Å²) >= 11 is 1.59. The van der Waals surface area contributed by atoms with Gasteiger partial charge in [0.1, 0.15) is 12.2 Å². The molecule has 7 nitrogen and oxygen atoms in total. The van der Waals surface area contributed by atoms with Gasteiger partial charge in [-0.15, -0.1) is 11.3 Å². The fourth-order valence-corrected chi connectivity index (χ4v) is 5.81. The molecule has 1 aliphatic heterocycles. The van der Waals surface area contributed by atoms with Crippen LogP contribution in [0.4, 0.5) is 15.8 Å². The Bertz CT molecular complexity index is 1570. The normalized spacial score (nSPS) is 13.8. The Kier molecular flexibility index (Phi) is 8.23. The molecule has 0 bridgehead atoms. The lowest BCUT2D eigenvalue weighted by Gasteiger charge is -2.26. The molecule has 1 aliphatic rings. The Labute approximate surface area is 236 Å². The summed E-state index contributed by atoms with van der Waals surface area (Å²) in [6, 6.07) is 17.1. The van der Waals surface area contributed by atoms with Crippen LogP contribution < -0.4 is 15.0 Å². The molecule has 0 aliphatic carbocycles. The van der Waals surface area contributed by atoms with Crippen molar-refractivity contribution >= 4 is 50.3 Å². The Hall–Kier alpha value is -4.08. The topological polar surface area (TPSA) is 74.8 Å². The van der Waals surface area contributed by atoms with Crippen molar-refractivity contribution < 1.29 is 18.7 Å². The van der Waals surface area contributed by atoms with Gasteiger partial charge in [-0.05, 0) is 63.2 Å². The minimum absolute atomic E-state index is 0.0325. The minimum atomic E-state index is -0.628. The molecule has 0 unspecified atom stereocenters. The van der Waals surface area contributed by atoms with Crippen LogP contribution in [-0.4, -0.2) is 47.9 Å². The van der Waals surface area contributed by atoms with Gasteiger partial charge >= 0.3 is 0 Å². The number of hydrogen-bond donors (Lipinski definition) is 1. The van der Waals surface area contributed by atoms with E-state index in [1.807, 2.05) is 44.2 Å². The Balaban J connectivity index is 1.27. The van der Waals surface area contributed by atoms with E-state index in [1.165, 1.54) is 17.7 Å². The maximum absolute atomic E-state index is 15.1. The number of aromatic nitrogens is 1. The smallest absolute Gasteiger partial charge is 0.236 e. The van der Waals surface area contributed by atoms with Crippen LogP contribution in [0.1, 0.15) is 31.6 Å². The first-order chi connectivity index (χ1) is 19.3. The fourth-order valence-electron chi connectivity index (χ4n) is 4.67. The van der Waals surface area contributed by atoms with E-state index in [-0.39, 0.29) is 29.8 Å². The minimum Gasteiger partial charge on any atom is -0.453 e. The van der Waals surface area contributed by atoms with Crippen LogP contribution in [-0.2, 0) is 9.59 Å². The van der Waals surface area contributed by atoms with Gasteiger partial charge in [-0.3, -0.25) is 14.6 Å². The van der Waals surface area contributed by atoms with Crippen molar-refractivity contribution in [2.24, 2.45) is 0 Å². The lowest BCUT2D eigenvalue weighted by atomic mass is 10.1. The molecule has 4 aromatic rings. The van der Waals surface area contributed by atoms with Crippen molar-refractivity contribution in [3.63, 3.8) is 0 Å². The van der Waals surface area contributed by atoms with Crippen LogP contribution in [0.25, 0.3) is 15.8 Å².